The Morgan fingerprint density at radius 1 is 1.16 bits per heavy atom. The standard InChI is InChI=1S/C30H37N5O7.C2HF3O2/c1-19(2)42-28(40)30(29(18-37,34-30)11-13-36)20(3)17-35-23-10-9-21(15-22(23)27(39)33-16-25(35)38)7-4-5-14-41-24-8-6-12-32-26(24)31;3-2(4,5)1(6)7/h6,8-10,12-13,15,18-20,34H,4-5,7,11,14,16-17H2,1-3H3,(H2,31,32)(H,33,39);(H,6,7)/t20?,29?,30-;/m0./s1. The number of amides is 2. The maximum absolute atomic E-state index is 13.3. The lowest BCUT2D eigenvalue weighted by Crippen LogP contribution is -2.49. The molecule has 2 aromatic rings. The van der Waals surface area contributed by atoms with Gasteiger partial charge in [-0.05, 0) is 62.9 Å². The van der Waals surface area contributed by atoms with Crippen LogP contribution in [0.3, 0.4) is 0 Å². The molecular weight excluding hydrogens is 655 g/mol. The molecule has 0 bridgehead atoms. The van der Waals surface area contributed by atoms with Crippen LogP contribution in [0.25, 0.3) is 0 Å². The van der Waals surface area contributed by atoms with Crippen LogP contribution in [0.5, 0.6) is 5.75 Å². The van der Waals surface area contributed by atoms with Gasteiger partial charge in [0.2, 0.25) is 5.91 Å². The third-order valence-electron chi connectivity index (χ3n) is 7.99. The van der Waals surface area contributed by atoms with Crippen molar-refractivity contribution in [2.75, 3.05) is 30.3 Å². The first kappa shape index (κ1) is 38.4. The average Bonchev–Trinajstić information content (AvgIpc) is 3.74. The van der Waals surface area contributed by atoms with Gasteiger partial charge in [-0.15, -0.1) is 0 Å². The number of fused-ring (bicyclic) bond motifs is 1. The number of nitrogens with one attached hydrogen (secondary N) is 2. The minimum Gasteiger partial charge on any atom is -0.490 e. The molecule has 4 rings (SSSR count). The summed E-state index contributed by atoms with van der Waals surface area (Å²) in [6.07, 6.45) is -0.801. The third-order valence-corrected chi connectivity index (χ3v) is 7.99. The first-order valence-corrected chi connectivity index (χ1v) is 15.3. The highest BCUT2D eigenvalue weighted by atomic mass is 19.4. The summed E-state index contributed by atoms with van der Waals surface area (Å²) in [4.78, 5) is 77.3. The summed E-state index contributed by atoms with van der Waals surface area (Å²) in [5.74, 6) is -3.94. The maximum Gasteiger partial charge on any atom is 0.490 e. The van der Waals surface area contributed by atoms with E-state index < -0.39 is 41.2 Å². The van der Waals surface area contributed by atoms with Crippen LogP contribution in [0, 0.1) is 5.92 Å². The van der Waals surface area contributed by atoms with E-state index >= 15 is 0 Å². The van der Waals surface area contributed by atoms with E-state index in [1.165, 1.54) is 4.90 Å². The fourth-order valence-corrected chi connectivity index (χ4v) is 5.52. The minimum absolute atomic E-state index is 0.00357. The molecule has 1 saturated heterocycles. The van der Waals surface area contributed by atoms with Gasteiger partial charge in [-0.25, -0.2) is 14.6 Å². The van der Waals surface area contributed by atoms with E-state index in [2.05, 4.69) is 15.6 Å². The van der Waals surface area contributed by atoms with Crippen LogP contribution < -0.4 is 26.0 Å². The number of hydrogen-bond donors (Lipinski definition) is 4. The van der Waals surface area contributed by atoms with Gasteiger partial charge < -0.3 is 40.1 Å². The largest absolute Gasteiger partial charge is 0.490 e. The van der Waals surface area contributed by atoms with E-state index in [-0.39, 0.29) is 31.3 Å². The monoisotopic (exact) mass is 693 g/mol. The number of carboxylic acid groups (broad SMARTS) is 1. The number of unbranched alkanes of at least 4 members (excludes halogenated alkanes) is 1. The molecule has 3 atom stereocenters. The first-order chi connectivity index (χ1) is 23.0. The molecule has 1 aromatic heterocycles. The number of rotatable bonds is 14. The molecule has 5 N–H and O–H groups in total. The fraction of sp³-hybridized carbons (Fsp3) is 0.469. The van der Waals surface area contributed by atoms with E-state index in [4.69, 9.17) is 25.1 Å². The minimum atomic E-state index is -5.08. The number of aldehydes is 2. The van der Waals surface area contributed by atoms with E-state index in [0.29, 0.717) is 48.4 Å². The number of nitrogens with zero attached hydrogens (tertiary/aromatic N) is 2. The summed E-state index contributed by atoms with van der Waals surface area (Å²) < 4.78 is 42.9. The van der Waals surface area contributed by atoms with Gasteiger partial charge in [-0.2, -0.15) is 13.2 Å². The number of nitrogens with two attached hydrogens (primary N) is 1. The SMILES string of the molecule is CC(C)OC(=O)[C@]1(C(C)CN2C(=O)CNC(=O)c3cc(CCCCOc4cccnc4N)ccc32)NC1(C=O)CC=O.O=C(O)C(F)(F)F. The number of aryl methyl sites for hydroxylation is 1. The number of carbonyl (C=O) groups excluding carboxylic acids is 5. The van der Waals surface area contributed by atoms with Gasteiger partial charge in [0.05, 0.1) is 30.5 Å². The Kier molecular flexibility index (Phi) is 12.5. The number of esters is 1. The molecule has 0 saturated carbocycles. The lowest BCUT2D eigenvalue weighted by molar-refractivity contribution is -0.192. The second-order valence-electron chi connectivity index (χ2n) is 11.8. The molecular formula is C32H38F3N5O9. The number of ether oxygens (including phenoxy) is 2. The summed E-state index contributed by atoms with van der Waals surface area (Å²) in [6, 6.07) is 8.87. The van der Waals surface area contributed by atoms with Crippen LogP contribution in [0.4, 0.5) is 24.7 Å². The van der Waals surface area contributed by atoms with E-state index in [9.17, 15) is 37.1 Å². The van der Waals surface area contributed by atoms with Crippen LogP contribution in [0.2, 0.25) is 0 Å². The predicted octanol–water partition coefficient (Wildman–Crippen LogP) is 2.23. The Labute approximate surface area is 279 Å². The van der Waals surface area contributed by atoms with Gasteiger partial charge in [-0.1, -0.05) is 13.0 Å². The number of carboxylic acids is 1. The molecule has 49 heavy (non-hydrogen) atoms. The van der Waals surface area contributed by atoms with Crippen molar-refractivity contribution in [2.45, 2.75) is 69.8 Å². The van der Waals surface area contributed by atoms with Crippen LogP contribution in [0.15, 0.2) is 36.5 Å². The predicted molar refractivity (Wildman–Crippen MR) is 168 cm³/mol. The van der Waals surface area contributed by atoms with Crippen molar-refractivity contribution in [3.63, 3.8) is 0 Å². The molecule has 266 valence electrons. The summed E-state index contributed by atoms with van der Waals surface area (Å²) in [7, 11) is 0. The van der Waals surface area contributed by atoms with Crippen molar-refractivity contribution in [2.24, 2.45) is 5.92 Å². The zero-order valence-electron chi connectivity index (χ0n) is 27.0. The van der Waals surface area contributed by atoms with Gasteiger partial charge in [0.25, 0.3) is 5.91 Å². The number of anilines is 2. The number of alkyl halides is 3. The Bertz CT molecular complexity index is 1570. The lowest BCUT2D eigenvalue weighted by Gasteiger charge is -2.30. The second kappa shape index (κ2) is 15.9. The first-order valence-electron chi connectivity index (χ1n) is 15.3. The molecule has 3 heterocycles. The maximum atomic E-state index is 13.3. The van der Waals surface area contributed by atoms with Crippen LogP contribution >= 0.6 is 0 Å². The molecule has 2 unspecified atom stereocenters. The summed E-state index contributed by atoms with van der Waals surface area (Å²) in [5.41, 5.74) is 4.54. The summed E-state index contributed by atoms with van der Waals surface area (Å²) >= 11 is 0. The zero-order chi connectivity index (χ0) is 36.6. The van der Waals surface area contributed by atoms with Gasteiger partial charge in [-0.3, -0.25) is 14.9 Å². The Hall–Kier alpha value is -5.06. The van der Waals surface area contributed by atoms with Gasteiger partial charge in [0.1, 0.15) is 23.7 Å². The number of nitrogen functional groups attached to an aromatic ring is 1. The molecule has 2 aliphatic heterocycles. The number of pyridine rings is 1. The quantitative estimate of drug-likeness (QED) is 0.0970. The number of hydrogen-bond acceptors (Lipinski definition) is 11. The molecule has 0 spiro atoms. The lowest BCUT2D eigenvalue weighted by atomic mass is 9.81. The van der Waals surface area contributed by atoms with Crippen LogP contribution in [0.1, 0.15) is 56.0 Å². The molecule has 1 fully saturated rings. The van der Waals surface area contributed by atoms with Crippen molar-refractivity contribution < 1.29 is 56.5 Å². The molecule has 14 nitrogen and oxygen atoms in total. The highest BCUT2D eigenvalue weighted by molar-refractivity contribution is 6.10. The molecule has 0 aliphatic carbocycles. The Morgan fingerprint density at radius 2 is 1.86 bits per heavy atom. The molecule has 2 aliphatic rings. The highest BCUT2D eigenvalue weighted by Crippen LogP contribution is 2.47. The van der Waals surface area contributed by atoms with Crippen LogP contribution in [-0.2, 0) is 35.1 Å². The summed E-state index contributed by atoms with van der Waals surface area (Å²) in [6.45, 7) is 5.33. The normalized spacial score (nSPS) is 20.5. The zero-order valence-corrected chi connectivity index (χ0v) is 27.0. The molecule has 0 radical (unpaired) electrons. The van der Waals surface area contributed by atoms with Crippen molar-refractivity contribution in [1.29, 1.82) is 0 Å². The van der Waals surface area contributed by atoms with Crippen molar-refractivity contribution >= 4 is 47.8 Å². The van der Waals surface area contributed by atoms with Crippen LogP contribution in [-0.4, -0.2) is 89.5 Å². The van der Waals surface area contributed by atoms with Gasteiger partial charge >= 0.3 is 18.1 Å². The average molecular weight is 694 g/mol. The molecule has 2 amide bonds. The highest BCUT2D eigenvalue weighted by Gasteiger charge is 2.75. The van der Waals surface area contributed by atoms with Gasteiger partial charge in [0.15, 0.2) is 11.6 Å². The van der Waals surface area contributed by atoms with Gasteiger partial charge in [0, 0.05) is 25.1 Å². The third kappa shape index (κ3) is 8.90. The Balaban J connectivity index is 0.000000838. The second-order valence-corrected chi connectivity index (χ2v) is 11.8. The smallest absolute Gasteiger partial charge is 0.490 e. The van der Waals surface area contributed by atoms with E-state index in [1.807, 2.05) is 6.07 Å². The number of carbonyl (C=O) groups is 6. The topological polar surface area (TPSA) is 217 Å². The van der Waals surface area contributed by atoms with Crippen molar-refractivity contribution in [1.82, 2.24) is 15.6 Å². The van der Waals surface area contributed by atoms with Crippen molar-refractivity contribution in [3.8, 4) is 5.75 Å². The van der Waals surface area contributed by atoms with Crippen molar-refractivity contribution in [3.05, 3.63) is 47.7 Å². The summed E-state index contributed by atoms with van der Waals surface area (Å²) in [5, 5.41) is 12.7. The number of benzene rings is 1. The number of halogens is 3. The van der Waals surface area contributed by atoms with E-state index in [0.717, 1.165) is 18.4 Å². The fourth-order valence-electron chi connectivity index (χ4n) is 5.52. The molecule has 1 aromatic carbocycles. The van der Waals surface area contributed by atoms with E-state index in [1.54, 1.807) is 51.2 Å². The number of aliphatic carboxylic acids is 1. The number of aromatic nitrogens is 1. The molecule has 17 heteroatoms. The Morgan fingerprint density at radius 3 is 2.45 bits per heavy atom.